The van der Waals surface area contributed by atoms with Crippen LogP contribution in [0.15, 0.2) is 40.1 Å². The van der Waals surface area contributed by atoms with E-state index in [1.54, 1.807) is 17.5 Å². The number of aromatic nitrogens is 4. The summed E-state index contributed by atoms with van der Waals surface area (Å²) in [5, 5.41) is 4.65. The second-order valence-corrected chi connectivity index (χ2v) is 5.08. The molecule has 0 atom stereocenters. The maximum absolute atomic E-state index is 5.68. The summed E-state index contributed by atoms with van der Waals surface area (Å²) in [6.45, 7) is 0. The van der Waals surface area contributed by atoms with Crippen LogP contribution < -0.4 is 5.73 Å². The van der Waals surface area contributed by atoms with Gasteiger partial charge in [-0.15, -0.1) is 11.3 Å². The lowest BCUT2D eigenvalue weighted by Crippen LogP contribution is -1.95. The van der Waals surface area contributed by atoms with Crippen LogP contribution in [0.3, 0.4) is 0 Å². The predicted molar refractivity (Wildman–Crippen MR) is 68.0 cm³/mol. The molecule has 0 aliphatic heterocycles. The Labute approximate surface area is 105 Å². The van der Waals surface area contributed by atoms with Gasteiger partial charge in [0.2, 0.25) is 5.95 Å². The molecule has 0 aliphatic carbocycles. The first-order valence-electron chi connectivity index (χ1n) is 4.77. The fraction of sp³-hybridized carbons (Fsp3) is 0. The number of fused-ring (bicyclic) bond motifs is 1. The van der Waals surface area contributed by atoms with Crippen molar-refractivity contribution in [3.63, 3.8) is 0 Å². The highest BCUT2D eigenvalue weighted by Crippen LogP contribution is 2.32. The van der Waals surface area contributed by atoms with Crippen molar-refractivity contribution in [2.24, 2.45) is 0 Å². The molecule has 84 valence electrons. The van der Waals surface area contributed by atoms with Crippen LogP contribution in [0.1, 0.15) is 0 Å². The summed E-state index contributed by atoms with van der Waals surface area (Å²) >= 11 is 3.01. The maximum atomic E-state index is 5.68. The van der Waals surface area contributed by atoms with Gasteiger partial charge in [-0.05, 0) is 29.3 Å². The second kappa shape index (κ2) is 4.27. The summed E-state index contributed by atoms with van der Waals surface area (Å²) < 4.78 is 0. The molecule has 3 rings (SSSR count). The third-order valence-corrected chi connectivity index (χ3v) is 3.83. The summed E-state index contributed by atoms with van der Waals surface area (Å²) in [5.41, 5.74) is 5.68. The van der Waals surface area contributed by atoms with E-state index in [1.165, 1.54) is 18.1 Å². The molecule has 0 amide bonds. The number of hydrogen-bond acceptors (Lipinski definition) is 7. The van der Waals surface area contributed by atoms with E-state index in [9.17, 15) is 0 Å². The zero-order chi connectivity index (χ0) is 11.7. The van der Waals surface area contributed by atoms with Crippen molar-refractivity contribution in [1.29, 1.82) is 0 Å². The summed E-state index contributed by atoms with van der Waals surface area (Å²) in [6.07, 6.45) is 3.21. The number of nitrogen functional groups attached to an aromatic ring is 1. The van der Waals surface area contributed by atoms with Gasteiger partial charge in [-0.25, -0.2) is 19.9 Å². The van der Waals surface area contributed by atoms with E-state index in [4.69, 9.17) is 5.73 Å². The van der Waals surface area contributed by atoms with Crippen LogP contribution in [0.4, 0.5) is 5.95 Å². The molecule has 0 radical (unpaired) electrons. The van der Waals surface area contributed by atoms with Crippen molar-refractivity contribution in [3.05, 3.63) is 30.0 Å². The maximum Gasteiger partial charge on any atom is 0.222 e. The van der Waals surface area contributed by atoms with Gasteiger partial charge < -0.3 is 5.73 Å². The first-order valence-corrected chi connectivity index (χ1v) is 6.47. The summed E-state index contributed by atoms with van der Waals surface area (Å²) in [4.78, 5) is 17.3. The number of nitrogens with two attached hydrogens (primary N) is 1. The average Bonchev–Trinajstić information content (AvgIpc) is 2.78. The first kappa shape index (κ1) is 10.4. The predicted octanol–water partition coefficient (Wildman–Crippen LogP) is 2.21. The van der Waals surface area contributed by atoms with E-state index in [1.807, 2.05) is 17.5 Å². The summed E-state index contributed by atoms with van der Waals surface area (Å²) in [5.74, 6) is 0.288. The molecule has 0 saturated heterocycles. The van der Waals surface area contributed by atoms with E-state index in [-0.39, 0.29) is 5.95 Å². The van der Waals surface area contributed by atoms with Gasteiger partial charge in [0.1, 0.15) is 21.2 Å². The standard InChI is InChI=1S/C10H7N5S2/c11-10-14-8-6(2-4-16-8)9(15-10)17-7-1-3-12-5-13-7/h1-5H,(H2,11,14,15). The zero-order valence-corrected chi connectivity index (χ0v) is 10.2. The Balaban J connectivity index is 2.08. The molecular formula is C10H7N5S2. The van der Waals surface area contributed by atoms with Gasteiger partial charge in [0, 0.05) is 11.6 Å². The fourth-order valence-electron chi connectivity index (χ4n) is 1.36. The lowest BCUT2D eigenvalue weighted by molar-refractivity contribution is 1.04. The topological polar surface area (TPSA) is 77.6 Å². The number of hydrogen-bond donors (Lipinski definition) is 1. The molecule has 0 unspecified atom stereocenters. The monoisotopic (exact) mass is 261 g/mol. The molecule has 0 spiro atoms. The molecule has 3 aromatic heterocycles. The molecule has 0 aliphatic rings. The normalized spacial score (nSPS) is 10.8. The number of anilines is 1. The molecule has 0 saturated carbocycles. The summed E-state index contributed by atoms with van der Waals surface area (Å²) in [6, 6.07) is 3.82. The SMILES string of the molecule is Nc1nc(Sc2ccncn2)c2ccsc2n1. The molecule has 3 heterocycles. The van der Waals surface area contributed by atoms with E-state index in [0.29, 0.717) is 0 Å². The first-order chi connectivity index (χ1) is 8.33. The van der Waals surface area contributed by atoms with Crippen LogP contribution in [-0.4, -0.2) is 19.9 Å². The van der Waals surface area contributed by atoms with Gasteiger partial charge in [-0.2, -0.15) is 0 Å². The fourth-order valence-corrected chi connectivity index (χ4v) is 3.04. The van der Waals surface area contributed by atoms with Crippen LogP contribution in [0.25, 0.3) is 10.2 Å². The third-order valence-electron chi connectivity index (χ3n) is 2.06. The van der Waals surface area contributed by atoms with Crippen molar-refractivity contribution in [3.8, 4) is 0 Å². The Bertz CT molecular complexity index is 652. The van der Waals surface area contributed by atoms with E-state index in [2.05, 4.69) is 19.9 Å². The number of thiophene rings is 1. The summed E-state index contributed by atoms with van der Waals surface area (Å²) in [7, 11) is 0. The molecule has 17 heavy (non-hydrogen) atoms. The molecule has 0 bridgehead atoms. The van der Waals surface area contributed by atoms with Crippen LogP contribution in [0.2, 0.25) is 0 Å². The molecular weight excluding hydrogens is 254 g/mol. The highest BCUT2D eigenvalue weighted by molar-refractivity contribution is 7.99. The minimum atomic E-state index is 0.288. The van der Waals surface area contributed by atoms with Gasteiger partial charge in [0.05, 0.1) is 0 Å². The van der Waals surface area contributed by atoms with E-state index in [0.717, 1.165) is 20.3 Å². The van der Waals surface area contributed by atoms with Crippen molar-refractivity contribution in [2.75, 3.05) is 5.73 Å². The molecule has 0 fully saturated rings. The van der Waals surface area contributed by atoms with Crippen molar-refractivity contribution in [2.45, 2.75) is 10.1 Å². The minimum absolute atomic E-state index is 0.288. The lowest BCUT2D eigenvalue weighted by Gasteiger charge is -2.02. The Hall–Kier alpha value is -1.73. The largest absolute Gasteiger partial charge is 0.368 e. The van der Waals surface area contributed by atoms with Gasteiger partial charge in [-0.3, -0.25) is 0 Å². The molecule has 0 aromatic carbocycles. The van der Waals surface area contributed by atoms with E-state index >= 15 is 0 Å². The van der Waals surface area contributed by atoms with Crippen LogP contribution in [0.5, 0.6) is 0 Å². The Morgan fingerprint density at radius 2 is 2.18 bits per heavy atom. The highest BCUT2D eigenvalue weighted by atomic mass is 32.2. The average molecular weight is 261 g/mol. The third kappa shape index (κ3) is 2.06. The number of nitrogens with zero attached hydrogens (tertiary/aromatic N) is 4. The van der Waals surface area contributed by atoms with Gasteiger partial charge >= 0.3 is 0 Å². The Morgan fingerprint density at radius 1 is 1.24 bits per heavy atom. The second-order valence-electron chi connectivity index (χ2n) is 3.18. The number of rotatable bonds is 2. The van der Waals surface area contributed by atoms with Crippen LogP contribution in [-0.2, 0) is 0 Å². The smallest absolute Gasteiger partial charge is 0.222 e. The van der Waals surface area contributed by atoms with Crippen molar-refractivity contribution < 1.29 is 0 Å². The quantitative estimate of drug-likeness (QED) is 0.713. The Morgan fingerprint density at radius 3 is 3.00 bits per heavy atom. The van der Waals surface area contributed by atoms with Crippen molar-refractivity contribution in [1.82, 2.24) is 19.9 Å². The molecule has 2 N–H and O–H groups in total. The van der Waals surface area contributed by atoms with Crippen LogP contribution >= 0.6 is 23.1 Å². The minimum Gasteiger partial charge on any atom is -0.368 e. The molecule has 5 nitrogen and oxygen atoms in total. The lowest BCUT2D eigenvalue weighted by atomic mass is 10.4. The highest BCUT2D eigenvalue weighted by Gasteiger charge is 2.09. The molecule has 7 heteroatoms. The Kier molecular flexibility index (Phi) is 2.62. The van der Waals surface area contributed by atoms with Crippen molar-refractivity contribution >= 4 is 39.3 Å². The van der Waals surface area contributed by atoms with Gasteiger partial charge in [0.15, 0.2) is 0 Å². The van der Waals surface area contributed by atoms with Gasteiger partial charge in [0.25, 0.3) is 0 Å². The molecule has 3 aromatic rings. The van der Waals surface area contributed by atoms with Gasteiger partial charge in [-0.1, -0.05) is 0 Å². The van der Waals surface area contributed by atoms with E-state index < -0.39 is 0 Å². The zero-order valence-electron chi connectivity index (χ0n) is 8.57. The van der Waals surface area contributed by atoms with Crippen LogP contribution in [0, 0.1) is 0 Å².